The second kappa shape index (κ2) is 8.35. The highest BCUT2D eigenvalue weighted by molar-refractivity contribution is 5.94. The van der Waals surface area contributed by atoms with E-state index in [1.165, 1.54) is 5.56 Å². The Labute approximate surface area is 181 Å². The largest absolute Gasteiger partial charge is 0.383 e. The lowest BCUT2D eigenvalue weighted by molar-refractivity contribution is 0.343. The van der Waals surface area contributed by atoms with E-state index in [9.17, 15) is 0 Å². The minimum absolute atomic E-state index is 0.452. The van der Waals surface area contributed by atoms with E-state index < -0.39 is 0 Å². The summed E-state index contributed by atoms with van der Waals surface area (Å²) in [6.45, 7) is 4.23. The highest BCUT2D eigenvalue weighted by Crippen LogP contribution is 2.30. The third-order valence-electron chi connectivity index (χ3n) is 5.98. The fourth-order valence-corrected chi connectivity index (χ4v) is 4.28. The monoisotopic (exact) mass is 413 g/mol. The standard InChI is InChI=1S/C24H27N7/c1-2-16-5-3-4-6-20(16)22-11-17-12-23(27-14-21(17)24(25)30-22)29-18-13-28-31(15-18)19-7-9-26-10-8-19/h3-6,11-15,19,26H,2,7-10H2,1H3,(H2,25,30)(H,27,29). The van der Waals surface area contributed by atoms with Crippen molar-refractivity contribution in [2.75, 3.05) is 24.1 Å². The van der Waals surface area contributed by atoms with Crippen molar-refractivity contribution >= 4 is 28.1 Å². The van der Waals surface area contributed by atoms with Crippen LogP contribution in [0.25, 0.3) is 22.0 Å². The van der Waals surface area contributed by atoms with Crippen LogP contribution in [0.4, 0.5) is 17.3 Å². The average molecular weight is 414 g/mol. The summed E-state index contributed by atoms with van der Waals surface area (Å²) in [5, 5.41) is 13.2. The maximum Gasteiger partial charge on any atom is 0.133 e. The summed E-state index contributed by atoms with van der Waals surface area (Å²) in [5.74, 6) is 1.26. The molecule has 4 aromatic rings. The second-order valence-corrected chi connectivity index (χ2v) is 8.01. The third kappa shape index (κ3) is 3.96. The fourth-order valence-electron chi connectivity index (χ4n) is 4.28. The minimum atomic E-state index is 0.452. The van der Waals surface area contributed by atoms with Gasteiger partial charge in [0.05, 0.1) is 23.6 Å². The first kappa shape index (κ1) is 19.5. The van der Waals surface area contributed by atoms with Crippen molar-refractivity contribution in [1.82, 2.24) is 25.1 Å². The van der Waals surface area contributed by atoms with E-state index in [4.69, 9.17) is 5.73 Å². The molecule has 4 N–H and O–H groups in total. The van der Waals surface area contributed by atoms with Crippen LogP contribution in [-0.4, -0.2) is 32.8 Å². The molecule has 0 saturated carbocycles. The normalized spacial score (nSPS) is 14.7. The molecule has 1 saturated heterocycles. The van der Waals surface area contributed by atoms with Gasteiger partial charge in [-0.1, -0.05) is 31.2 Å². The number of rotatable bonds is 5. The molecule has 0 amide bonds. The zero-order valence-corrected chi connectivity index (χ0v) is 17.7. The number of fused-ring (bicyclic) bond motifs is 1. The summed E-state index contributed by atoms with van der Waals surface area (Å²) >= 11 is 0. The zero-order chi connectivity index (χ0) is 21.2. The Morgan fingerprint density at radius 2 is 2.00 bits per heavy atom. The number of nitrogen functional groups attached to an aromatic ring is 1. The number of piperidine rings is 1. The van der Waals surface area contributed by atoms with Gasteiger partial charge >= 0.3 is 0 Å². The molecule has 1 fully saturated rings. The second-order valence-electron chi connectivity index (χ2n) is 8.01. The predicted molar refractivity (Wildman–Crippen MR) is 125 cm³/mol. The summed E-state index contributed by atoms with van der Waals surface area (Å²) in [6.07, 6.45) is 8.85. The Morgan fingerprint density at radius 1 is 1.16 bits per heavy atom. The van der Waals surface area contributed by atoms with E-state index in [-0.39, 0.29) is 0 Å². The van der Waals surface area contributed by atoms with Gasteiger partial charge in [0.2, 0.25) is 0 Å². The quantitative estimate of drug-likeness (QED) is 0.451. The van der Waals surface area contributed by atoms with Crippen molar-refractivity contribution in [3.63, 3.8) is 0 Å². The number of pyridine rings is 2. The molecule has 5 rings (SSSR count). The molecule has 7 heteroatoms. The number of aryl methyl sites for hydroxylation is 1. The average Bonchev–Trinajstić information content (AvgIpc) is 3.28. The Bertz CT molecular complexity index is 1210. The van der Waals surface area contributed by atoms with E-state index in [1.807, 2.05) is 18.3 Å². The van der Waals surface area contributed by atoms with Crippen LogP contribution < -0.4 is 16.4 Å². The number of hydrogen-bond donors (Lipinski definition) is 3. The van der Waals surface area contributed by atoms with Crippen molar-refractivity contribution in [1.29, 1.82) is 0 Å². The van der Waals surface area contributed by atoms with Crippen LogP contribution in [0.15, 0.2) is 55.0 Å². The van der Waals surface area contributed by atoms with E-state index in [1.54, 1.807) is 6.20 Å². The molecule has 0 spiro atoms. The van der Waals surface area contributed by atoms with Crippen molar-refractivity contribution in [3.05, 3.63) is 60.6 Å². The molecular weight excluding hydrogens is 386 g/mol. The van der Waals surface area contributed by atoms with Gasteiger partial charge in [-0.3, -0.25) is 4.68 Å². The molecular formula is C24H27N7. The van der Waals surface area contributed by atoms with Gasteiger partial charge in [0, 0.05) is 23.3 Å². The highest BCUT2D eigenvalue weighted by atomic mass is 15.3. The van der Waals surface area contributed by atoms with Gasteiger partial charge in [-0.2, -0.15) is 5.10 Å². The van der Waals surface area contributed by atoms with Crippen LogP contribution in [0.3, 0.4) is 0 Å². The van der Waals surface area contributed by atoms with Crippen molar-refractivity contribution in [2.45, 2.75) is 32.2 Å². The van der Waals surface area contributed by atoms with Gasteiger partial charge in [0.25, 0.3) is 0 Å². The van der Waals surface area contributed by atoms with Crippen LogP contribution in [0.2, 0.25) is 0 Å². The highest BCUT2D eigenvalue weighted by Gasteiger charge is 2.16. The van der Waals surface area contributed by atoms with E-state index in [0.29, 0.717) is 11.9 Å². The number of aromatic nitrogens is 4. The van der Waals surface area contributed by atoms with Gasteiger partial charge in [0.15, 0.2) is 0 Å². The summed E-state index contributed by atoms with van der Waals surface area (Å²) in [4.78, 5) is 9.19. The van der Waals surface area contributed by atoms with Crippen LogP contribution >= 0.6 is 0 Å². The molecule has 0 aliphatic carbocycles. The molecule has 0 atom stereocenters. The fraction of sp³-hybridized carbons (Fsp3) is 0.292. The molecule has 3 aromatic heterocycles. The minimum Gasteiger partial charge on any atom is -0.383 e. The topological polar surface area (TPSA) is 93.7 Å². The molecule has 1 aliphatic rings. The molecule has 1 aromatic carbocycles. The Morgan fingerprint density at radius 3 is 2.84 bits per heavy atom. The van der Waals surface area contributed by atoms with Gasteiger partial charge in [-0.25, -0.2) is 9.97 Å². The lowest BCUT2D eigenvalue weighted by atomic mass is 10.0. The first-order chi connectivity index (χ1) is 15.2. The first-order valence-electron chi connectivity index (χ1n) is 10.9. The van der Waals surface area contributed by atoms with Crippen LogP contribution in [0, 0.1) is 0 Å². The number of nitrogens with two attached hydrogens (primary N) is 1. The van der Waals surface area contributed by atoms with E-state index in [2.05, 4.69) is 67.8 Å². The Hall–Kier alpha value is -3.45. The number of nitrogens with one attached hydrogen (secondary N) is 2. The maximum absolute atomic E-state index is 6.28. The summed E-state index contributed by atoms with van der Waals surface area (Å²) < 4.78 is 2.06. The van der Waals surface area contributed by atoms with Gasteiger partial charge in [-0.05, 0) is 55.4 Å². The molecule has 0 radical (unpaired) electrons. The molecule has 0 unspecified atom stereocenters. The van der Waals surface area contributed by atoms with Gasteiger partial charge in [0.1, 0.15) is 11.6 Å². The van der Waals surface area contributed by atoms with Crippen LogP contribution in [-0.2, 0) is 6.42 Å². The Kier molecular flexibility index (Phi) is 5.26. The number of benzene rings is 1. The first-order valence-corrected chi connectivity index (χ1v) is 10.9. The number of hydrogen-bond acceptors (Lipinski definition) is 6. The molecule has 7 nitrogen and oxygen atoms in total. The van der Waals surface area contributed by atoms with E-state index >= 15 is 0 Å². The van der Waals surface area contributed by atoms with Gasteiger partial charge < -0.3 is 16.4 Å². The van der Waals surface area contributed by atoms with Gasteiger partial charge in [-0.15, -0.1) is 0 Å². The van der Waals surface area contributed by atoms with Crippen LogP contribution in [0.5, 0.6) is 0 Å². The smallest absolute Gasteiger partial charge is 0.133 e. The predicted octanol–water partition coefficient (Wildman–Crippen LogP) is 4.31. The zero-order valence-electron chi connectivity index (χ0n) is 17.7. The number of anilines is 3. The SMILES string of the molecule is CCc1ccccc1-c1cc2cc(Nc3cnn(C4CCNCC4)c3)ncc2c(N)n1. The third-order valence-corrected chi connectivity index (χ3v) is 5.98. The summed E-state index contributed by atoms with van der Waals surface area (Å²) in [7, 11) is 0. The molecule has 1 aliphatic heterocycles. The van der Waals surface area contributed by atoms with E-state index in [0.717, 1.165) is 65.9 Å². The molecule has 4 heterocycles. The Balaban J connectivity index is 1.45. The summed E-state index contributed by atoms with van der Waals surface area (Å²) in [6, 6.07) is 12.9. The lowest BCUT2D eigenvalue weighted by Crippen LogP contribution is -2.29. The van der Waals surface area contributed by atoms with Crippen LogP contribution in [0.1, 0.15) is 31.4 Å². The number of nitrogens with zero attached hydrogens (tertiary/aromatic N) is 4. The maximum atomic E-state index is 6.28. The summed E-state index contributed by atoms with van der Waals surface area (Å²) in [5.41, 5.74) is 10.5. The molecule has 158 valence electrons. The van der Waals surface area contributed by atoms with Crippen molar-refractivity contribution in [2.24, 2.45) is 0 Å². The van der Waals surface area contributed by atoms with Crippen molar-refractivity contribution in [3.8, 4) is 11.3 Å². The van der Waals surface area contributed by atoms with Crippen molar-refractivity contribution < 1.29 is 0 Å². The lowest BCUT2D eigenvalue weighted by Gasteiger charge is -2.22. The molecule has 0 bridgehead atoms. The molecule has 31 heavy (non-hydrogen) atoms.